The van der Waals surface area contributed by atoms with Crippen molar-refractivity contribution in [2.75, 3.05) is 0 Å². The topological polar surface area (TPSA) is 84.0 Å². The number of rotatable bonds is 5. The second kappa shape index (κ2) is 5.55. The van der Waals surface area contributed by atoms with E-state index in [1.54, 1.807) is 24.3 Å². The van der Waals surface area contributed by atoms with Crippen LogP contribution in [0.5, 0.6) is 0 Å². The van der Waals surface area contributed by atoms with Gasteiger partial charge in [0.1, 0.15) is 0 Å². The Morgan fingerprint density at radius 3 is 2.81 bits per heavy atom. The standard InChI is InChI=1S/C15H17N3O3/c19-13(16-10-7-8-10)6-3-9-18-14(20)11-4-1-2-5-12(11)17-15(18)21/h1-2,4-5,10H,3,6-9H2,(H,16,19)(H,17,21). The number of benzene rings is 1. The molecule has 1 fully saturated rings. The Hall–Kier alpha value is -2.37. The van der Waals surface area contributed by atoms with Crippen LogP contribution in [0.1, 0.15) is 25.7 Å². The van der Waals surface area contributed by atoms with Crippen molar-refractivity contribution < 1.29 is 4.79 Å². The molecule has 110 valence electrons. The fourth-order valence-corrected chi connectivity index (χ4v) is 2.33. The normalized spacial score (nSPS) is 14.3. The average molecular weight is 287 g/mol. The van der Waals surface area contributed by atoms with Crippen molar-refractivity contribution in [3.05, 3.63) is 45.1 Å². The summed E-state index contributed by atoms with van der Waals surface area (Å²) in [6, 6.07) is 7.25. The zero-order chi connectivity index (χ0) is 14.8. The van der Waals surface area contributed by atoms with Gasteiger partial charge in [0.25, 0.3) is 5.56 Å². The summed E-state index contributed by atoms with van der Waals surface area (Å²) in [7, 11) is 0. The summed E-state index contributed by atoms with van der Waals surface area (Å²) in [5.41, 5.74) is -0.200. The van der Waals surface area contributed by atoms with Crippen LogP contribution in [0.4, 0.5) is 0 Å². The van der Waals surface area contributed by atoms with Crippen molar-refractivity contribution in [3.63, 3.8) is 0 Å². The number of amides is 1. The maximum Gasteiger partial charge on any atom is 0.328 e. The number of carbonyl (C=O) groups excluding carboxylic acids is 1. The molecule has 1 aliphatic rings. The van der Waals surface area contributed by atoms with Gasteiger partial charge in [0.05, 0.1) is 10.9 Å². The highest BCUT2D eigenvalue weighted by Gasteiger charge is 2.22. The molecule has 1 aliphatic carbocycles. The predicted molar refractivity (Wildman–Crippen MR) is 79.2 cm³/mol. The second-order valence-corrected chi connectivity index (χ2v) is 5.38. The highest BCUT2D eigenvalue weighted by atomic mass is 16.2. The lowest BCUT2D eigenvalue weighted by atomic mass is 10.2. The first-order chi connectivity index (χ1) is 10.1. The van der Waals surface area contributed by atoms with Gasteiger partial charge < -0.3 is 10.3 Å². The molecule has 0 spiro atoms. The van der Waals surface area contributed by atoms with E-state index in [0.717, 1.165) is 17.4 Å². The quantitative estimate of drug-likeness (QED) is 0.851. The Morgan fingerprint density at radius 1 is 1.29 bits per heavy atom. The third-order valence-electron chi connectivity index (χ3n) is 3.62. The first-order valence-corrected chi connectivity index (χ1v) is 7.16. The minimum atomic E-state index is -0.429. The number of aromatic nitrogens is 2. The lowest BCUT2D eigenvalue weighted by molar-refractivity contribution is -0.121. The van der Waals surface area contributed by atoms with Crippen LogP contribution in [0.15, 0.2) is 33.9 Å². The molecule has 1 aromatic carbocycles. The van der Waals surface area contributed by atoms with Crippen molar-refractivity contribution >= 4 is 16.8 Å². The summed E-state index contributed by atoms with van der Waals surface area (Å²) in [5.74, 6) is -0.0113. The SMILES string of the molecule is O=C(CCCn1c(=O)[nH]c2ccccc2c1=O)NC1CC1. The molecule has 1 aromatic heterocycles. The number of nitrogens with one attached hydrogen (secondary N) is 2. The molecule has 6 heteroatoms. The van der Waals surface area contributed by atoms with Crippen LogP contribution < -0.4 is 16.6 Å². The Morgan fingerprint density at radius 2 is 2.05 bits per heavy atom. The highest BCUT2D eigenvalue weighted by Crippen LogP contribution is 2.18. The monoisotopic (exact) mass is 287 g/mol. The summed E-state index contributed by atoms with van der Waals surface area (Å²) in [4.78, 5) is 38.4. The van der Waals surface area contributed by atoms with Gasteiger partial charge in [-0.3, -0.25) is 14.2 Å². The molecule has 2 aromatic rings. The molecule has 0 radical (unpaired) electrons. The van der Waals surface area contributed by atoms with E-state index in [1.807, 2.05) is 0 Å². The summed E-state index contributed by atoms with van der Waals surface area (Å²) < 4.78 is 1.16. The van der Waals surface area contributed by atoms with Gasteiger partial charge in [0, 0.05) is 19.0 Å². The molecule has 3 rings (SSSR count). The van der Waals surface area contributed by atoms with Gasteiger partial charge in [0.15, 0.2) is 0 Å². The van der Waals surface area contributed by atoms with E-state index in [9.17, 15) is 14.4 Å². The van der Waals surface area contributed by atoms with Crippen LogP contribution in [-0.4, -0.2) is 21.5 Å². The third kappa shape index (κ3) is 3.04. The van der Waals surface area contributed by atoms with Gasteiger partial charge >= 0.3 is 5.69 Å². The number of aromatic amines is 1. The van der Waals surface area contributed by atoms with E-state index in [-0.39, 0.29) is 18.0 Å². The smallest absolute Gasteiger partial charge is 0.328 e. The number of para-hydroxylation sites is 1. The number of hydrogen-bond acceptors (Lipinski definition) is 3. The number of fused-ring (bicyclic) bond motifs is 1. The Kier molecular flexibility index (Phi) is 3.60. The molecular formula is C15H17N3O3. The molecule has 6 nitrogen and oxygen atoms in total. The lowest BCUT2D eigenvalue weighted by Gasteiger charge is -2.06. The van der Waals surface area contributed by atoms with Crippen LogP contribution in [0.3, 0.4) is 0 Å². The maximum atomic E-state index is 12.3. The average Bonchev–Trinajstić information content (AvgIpc) is 3.26. The molecular weight excluding hydrogens is 270 g/mol. The van der Waals surface area contributed by atoms with E-state index in [1.165, 1.54) is 0 Å². The largest absolute Gasteiger partial charge is 0.353 e. The summed E-state index contributed by atoms with van der Waals surface area (Å²) in [6.07, 6.45) is 2.90. The number of carbonyl (C=O) groups is 1. The highest BCUT2D eigenvalue weighted by molar-refractivity contribution is 5.77. The predicted octanol–water partition coefficient (Wildman–Crippen LogP) is 0.749. The number of hydrogen-bond donors (Lipinski definition) is 2. The van der Waals surface area contributed by atoms with Gasteiger partial charge in [0.2, 0.25) is 5.91 Å². The van der Waals surface area contributed by atoms with Gasteiger partial charge in [-0.05, 0) is 31.4 Å². The van der Waals surface area contributed by atoms with Crippen molar-refractivity contribution in [2.45, 2.75) is 38.3 Å². The van der Waals surface area contributed by atoms with E-state index in [4.69, 9.17) is 0 Å². The minimum Gasteiger partial charge on any atom is -0.353 e. The first kappa shape index (κ1) is 13.6. The summed E-state index contributed by atoms with van der Waals surface area (Å²) in [5, 5.41) is 3.37. The summed E-state index contributed by atoms with van der Waals surface area (Å²) >= 11 is 0. The van der Waals surface area contributed by atoms with Crippen molar-refractivity contribution in [1.82, 2.24) is 14.9 Å². The maximum absolute atomic E-state index is 12.3. The second-order valence-electron chi connectivity index (χ2n) is 5.38. The van der Waals surface area contributed by atoms with Gasteiger partial charge in [-0.15, -0.1) is 0 Å². The molecule has 21 heavy (non-hydrogen) atoms. The van der Waals surface area contributed by atoms with Gasteiger partial charge in [-0.1, -0.05) is 12.1 Å². The van der Waals surface area contributed by atoms with E-state index < -0.39 is 5.69 Å². The Bertz CT molecular complexity index is 787. The van der Waals surface area contributed by atoms with Crippen molar-refractivity contribution in [1.29, 1.82) is 0 Å². The third-order valence-corrected chi connectivity index (χ3v) is 3.62. The molecule has 1 saturated carbocycles. The molecule has 1 heterocycles. The van der Waals surface area contributed by atoms with Crippen molar-refractivity contribution in [2.24, 2.45) is 0 Å². The molecule has 0 saturated heterocycles. The van der Waals surface area contributed by atoms with Gasteiger partial charge in [-0.2, -0.15) is 0 Å². The molecule has 2 N–H and O–H groups in total. The fourth-order valence-electron chi connectivity index (χ4n) is 2.33. The molecule has 0 aliphatic heterocycles. The van der Waals surface area contributed by atoms with Crippen LogP contribution in [0.25, 0.3) is 10.9 Å². The lowest BCUT2D eigenvalue weighted by Crippen LogP contribution is -2.35. The fraction of sp³-hybridized carbons (Fsp3) is 0.400. The number of nitrogens with zero attached hydrogens (tertiary/aromatic N) is 1. The Balaban J connectivity index is 1.72. The Labute approximate surface area is 120 Å². The van der Waals surface area contributed by atoms with Crippen LogP contribution >= 0.6 is 0 Å². The molecule has 1 amide bonds. The molecule has 0 bridgehead atoms. The number of H-pyrrole nitrogens is 1. The molecule has 0 unspecified atom stereocenters. The van der Waals surface area contributed by atoms with Crippen LogP contribution in [-0.2, 0) is 11.3 Å². The van der Waals surface area contributed by atoms with Crippen molar-refractivity contribution in [3.8, 4) is 0 Å². The zero-order valence-electron chi connectivity index (χ0n) is 11.6. The molecule has 0 atom stereocenters. The van der Waals surface area contributed by atoms with Crippen LogP contribution in [0, 0.1) is 0 Å². The van der Waals surface area contributed by atoms with Gasteiger partial charge in [-0.25, -0.2) is 4.79 Å². The first-order valence-electron chi connectivity index (χ1n) is 7.16. The van der Waals surface area contributed by atoms with Crippen LogP contribution in [0.2, 0.25) is 0 Å². The summed E-state index contributed by atoms with van der Waals surface area (Å²) in [6.45, 7) is 0.247. The van der Waals surface area contributed by atoms with E-state index in [0.29, 0.717) is 29.8 Å². The zero-order valence-corrected chi connectivity index (χ0v) is 11.6. The van der Waals surface area contributed by atoms with E-state index >= 15 is 0 Å². The minimum absolute atomic E-state index is 0.0113. The van der Waals surface area contributed by atoms with E-state index in [2.05, 4.69) is 10.3 Å².